The molecule has 6 rings (SSSR count). The zero-order chi connectivity index (χ0) is 27.8. The Bertz CT molecular complexity index is 1790. The van der Waals surface area contributed by atoms with Crippen LogP contribution in [0.1, 0.15) is 37.7 Å². The summed E-state index contributed by atoms with van der Waals surface area (Å²) in [6, 6.07) is 23.9. The monoisotopic (exact) mass is 552 g/mol. The quantitative estimate of drug-likeness (QED) is 0.163. The Labute approximate surface area is 235 Å². The number of fused-ring (bicyclic) bond motifs is 2. The van der Waals surface area contributed by atoms with Gasteiger partial charge in [-0.3, -0.25) is 4.79 Å². The number of hydrogen-bond donors (Lipinski definition) is 0. The first-order valence-electron chi connectivity index (χ1n) is 12.8. The molecule has 3 aromatic carbocycles. The number of benzene rings is 3. The van der Waals surface area contributed by atoms with Crippen LogP contribution in [0.15, 0.2) is 78.9 Å². The first kappa shape index (κ1) is 25.6. The molecule has 200 valence electrons. The zero-order valence-electron chi connectivity index (χ0n) is 21.9. The van der Waals surface area contributed by atoms with Crippen LogP contribution in [0.2, 0.25) is 5.02 Å². The molecule has 0 bridgehead atoms. The molecule has 0 saturated heterocycles. The van der Waals surface area contributed by atoms with E-state index in [0.717, 1.165) is 22.7 Å². The first-order chi connectivity index (χ1) is 19.4. The van der Waals surface area contributed by atoms with Gasteiger partial charge >= 0.3 is 5.97 Å². The van der Waals surface area contributed by atoms with Crippen LogP contribution in [-0.4, -0.2) is 34.7 Å². The van der Waals surface area contributed by atoms with Gasteiger partial charge in [0, 0.05) is 39.5 Å². The number of carbonyl (C=O) groups is 2. The van der Waals surface area contributed by atoms with Gasteiger partial charge in [0.15, 0.2) is 18.1 Å². The van der Waals surface area contributed by atoms with Gasteiger partial charge < -0.3 is 18.8 Å². The zero-order valence-corrected chi connectivity index (χ0v) is 22.7. The molecule has 0 spiro atoms. The molecule has 7 nitrogen and oxygen atoms in total. The van der Waals surface area contributed by atoms with Crippen molar-refractivity contribution in [3.63, 3.8) is 0 Å². The molecule has 0 fully saturated rings. The number of esters is 1. The highest BCUT2D eigenvalue weighted by Gasteiger charge is 2.21. The summed E-state index contributed by atoms with van der Waals surface area (Å²) in [5, 5.41) is 1.16. The van der Waals surface area contributed by atoms with Crippen LogP contribution >= 0.6 is 11.6 Å². The molecule has 0 N–H and O–H groups in total. The smallest absolute Gasteiger partial charge is 0.339 e. The van der Waals surface area contributed by atoms with E-state index in [2.05, 4.69) is 4.57 Å². The topological polar surface area (TPSA) is 79.7 Å². The minimum atomic E-state index is -0.602. The second-order valence-corrected chi connectivity index (χ2v) is 10.0. The third-order valence-electron chi connectivity index (χ3n) is 7.07. The molecule has 2 aromatic heterocycles. The fraction of sp³-hybridized carbons (Fsp3) is 0.156. The fourth-order valence-corrected chi connectivity index (χ4v) is 5.22. The lowest BCUT2D eigenvalue weighted by molar-refractivity contribution is 0.0476. The van der Waals surface area contributed by atoms with Gasteiger partial charge in [0.1, 0.15) is 0 Å². The average Bonchev–Trinajstić information content (AvgIpc) is 3.55. The van der Waals surface area contributed by atoms with Crippen LogP contribution in [0.4, 0.5) is 0 Å². The minimum absolute atomic E-state index is 0.217. The van der Waals surface area contributed by atoms with Crippen molar-refractivity contribution >= 4 is 34.3 Å². The highest BCUT2D eigenvalue weighted by atomic mass is 35.5. The Balaban J connectivity index is 1.22. The minimum Gasteiger partial charge on any atom is -0.454 e. The molecule has 40 heavy (non-hydrogen) atoms. The van der Waals surface area contributed by atoms with E-state index in [0.29, 0.717) is 50.6 Å². The first-order valence-corrected chi connectivity index (χ1v) is 13.2. The molecular formula is C32H25ClN2O5. The third-order valence-corrected chi connectivity index (χ3v) is 7.40. The van der Waals surface area contributed by atoms with Crippen molar-refractivity contribution in [2.24, 2.45) is 0 Å². The molecule has 0 unspecified atom stereocenters. The number of para-hydroxylation sites is 1. The van der Waals surface area contributed by atoms with E-state index in [-0.39, 0.29) is 19.2 Å². The molecule has 1 aliphatic heterocycles. The predicted molar refractivity (Wildman–Crippen MR) is 152 cm³/mol. The highest BCUT2D eigenvalue weighted by Crippen LogP contribution is 2.33. The molecule has 5 aromatic rings. The van der Waals surface area contributed by atoms with Gasteiger partial charge in [-0.15, -0.1) is 0 Å². The van der Waals surface area contributed by atoms with Gasteiger partial charge in [0.2, 0.25) is 12.6 Å². The molecule has 0 atom stereocenters. The summed E-state index contributed by atoms with van der Waals surface area (Å²) in [5.74, 6) is 0.561. The second kappa shape index (κ2) is 10.5. The van der Waals surface area contributed by atoms with E-state index in [1.165, 1.54) is 0 Å². The van der Waals surface area contributed by atoms with Gasteiger partial charge in [-0.2, -0.15) is 0 Å². The van der Waals surface area contributed by atoms with E-state index >= 15 is 0 Å². The predicted octanol–water partition coefficient (Wildman–Crippen LogP) is 6.79. The molecule has 0 radical (unpaired) electrons. The van der Waals surface area contributed by atoms with Crippen molar-refractivity contribution in [1.82, 2.24) is 9.55 Å². The summed E-state index contributed by atoms with van der Waals surface area (Å²) in [4.78, 5) is 31.2. The summed E-state index contributed by atoms with van der Waals surface area (Å²) in [6.07, 6.45) is 0. The fourth-order valence-electron chi connectivity index (χ4n) is 4.99. The Morgan fingerprint density at radius 1 is 0.925 bits per heavy atom. The number of halogens is 1. The number of rotatable bonds is 7. The van der Waals surface area contributed by atoms with Crippen LogP contribution in [0.25, 0.3) is 22.2 Å². The van der Waals surface area contributed by atoms with E-state index in [4.69, 9.17) is 30.8 Å². The lowest BCUT2D eigenvalue weighted by Gasteiger charge is -2.12. The Hall–Kier alpha value is -4.62. The normalized spacial score (nSPS) is 12.1. The summed E-state index contributed by atoms with van der Waals surface area (Å²) in [5.41, 5.74) is 5.47. The average molecular weight is 553 g/mol. The number of ether oxygens (including phenoxy) is 3. The number of pyridine rings is 1. The van der Waals surface area contributed by atoms with Crippen LogP contribution in [0, 0.1) is 13.8 Å². The number of carbonyl (C=O) groups excluding carboxylic acids is 2. The maximum atomic E-state index is 13.3. The number of aromatic nitrogens is 2. The van der Waals surface area contributed by atoms with Gasteiger partial charge in [-0.1, -0.05) is 54.1 Å². The summed E-state index contributed by atoms with van der Waals surface area (Å²) < 4.78 is 18.5. The SMILES string of the molecule is Cc1cc(C(=O)COC(=O)c2cc(-c3ccccc3Cl)nc3ccccc23)c(C)n1Cc1ccc2c(c1)OCO2. The summed E-state index contributed by atoms with van der Waals surface area (Å²) >= 11 is 6.40. The Morgan fingerprint density at radius 2 is 1.70 bits per heavy atom. The van der Waals surface area contributed by atoms with Gasteiger partial charge in [-0.25, -0.2) is 9.78 Å². The number of ketones is 1. The molecule has 0 amide bonds. The van der Waals surface area contributed by atoms with Gasteiger partial charge in [0.05, 0.1) is 16.8 Å². The number of nitrogens with zero attached hydrogens (tertiary/aromatic N) is 2. The Kier molecular flexibility index (Phi) is 6.74. The van der Waals surface area contributed by atoms with Crippen molar-refractivity contribution in [2.75, 3.05) is 13.4 Å². The molecule has 0 aliphatic carbocycles. The van der Waals surface area contributed by atoms with Gasteiger partial charge in [0.25, 0.3) is 0 Å². The van der Waals surface area contributed by atoms with Crippen molar-refractivity contribution in [2.45, 2.75) is 20.4 Å². The second-order valence-electron chi connectivity index (χ2n) is 9.61. The number of aryl methyl sites for hydroxylation is 1. The number of hydrogen-bond acceptors (Lipinski definition) is 6. The van der Waals surface area contributed by atoms with E-state index in [1.54, 1.807) is 18.2 Å². The van der Waals surface area contributed by atoms with Gasteiger partial charge in [-0.05, 0) is 55.8 Å². The van der Waals surface area contributed by atoms with Crippen LogP contribution in [-0.2, 0) is 11.3 Å². The molecule has 3 heterocycles. The van der Waals surface area contributed by atoms with Crippen LogP contribution < -0.4 is 9.47 Å². The van der Waals surface area contributed by atoms with Crippen LogP contribution in [0.3, 0.4) is 0 Å². The molecule has 8 heteroatoms. The van der Waals surface area contributed by atoms with Crippen LogP contribution in [0.5, 0.6) is 11.5 Å². The molecule has 0 saturated carbocycles. The maximum absolute atomic E-state index is 13.3. The van der Waals surface area contributed by atoms with Crippen molar-refractivity contribution in [3.05, 3.63) is 112 Å². The standard InChI is InChI=1S/C32H25ClN2O5/c1-19-13-24(20(2)35(19)16-21-11-12-30-31(14-21)40-18-39-30)29(36)17-38-32(37)25-15-28(23-8-3-5-9-26(23)33)34-27-10-6-4-7-22(25)27/h3-15H,16-18H2,1-2H3. The summed E-state index contributed by atoms with van der Waals surface area (Å²) in [6.45, 7) is 4.23. The van der Waals surface area contributed by atoms with Crippen molar-refractivity contribution < 1.29 is 23.8 Å². The van der Waals surface area contributed by atoms with E-state index in [9.17, 15) is 9.59 Å². The largest absolute Gasteiger partial charge is 0.454 e. The lowest BCUT2D eigenvalue weighted by Crippen LogP contribution is -2.16. The molecular weight excluding hydrogens is 528 g/mol. The summed E-state index contributed by atoms with van der Waals surface area (Å²) in [7, 11) is 0. The number of Topliss-reactive ketones (excluding diaryl/α,β-unsaturated/α-hetero) is 1. The van der Waals surface area contributed by atoms with E-state index in [1.807, 2.05) is 74.5 Å². The Morgan fingerprint density at radius 3 is 2.55 bits per heavy atom. The highest BCUT2D eigenvalue weighted by molar-refractivity contribution is 6.33. The maximum Gasteiger partial charge on any atom is 0.339 e. The molecule has 1 aliphatic rings. The lowest BCUT2D eigenvalue weighted by atomic mass is 10.0. The van der Waals surface area contributed by atoms with E-state index < -0.39 is 5.97 Å². The van der Waals surface area contributed by atoms with Crippen molar-refractivity contribution in [3.8, 4) is 22.8 Å². The third kappa shape index (κ3) is 4.80. The van der Waals surface area contributed by atoms with Crippen molar-refractivity contribution in [1.29, 1.82) is 0 Å².